The van der Waals surface area contributed by atoms with E-state index in [1.807, 2.05) is 0 Å². The third kappa shape index (κ3) is 2.03. The molecule has 0 saturated carbocycles. The van der Waals surface area contributed by atoms with Crippen LogP contribution in [0.3, 0.4) is 0 Å². The van der Waals surface area contributed by atoms with Gasteiger partial charge in [-0.1, -0.05) is 0 Å². The van der Waals surface area contributed by atoms with Crippen molar-refractivity contribution in [3.8, 4) is 0 Å². The number of ether oxygens (including phenoxy) is 2. The SMILES string of the molecule is CC(F)(F)C(F)(F)C1(F)OC(F)(F)OC1(C)C(F)(F)F. The normalized spacial score (nSPS) is 35.4. The molecule has 1 rings (SSSR count). The van der Waals surface area contributed by atoms with Crippen LogP contribution in [-0.2, 0) is 9.47 Å². The van der Waals surface area contributed by atoms with Crippen LogP contribution in [0.4, 0.5) is 43.9 Å². The largest absolute Gasteiger partial charge is 0.489 e. The molecule has 2 atom stereocenters. The van der Waals surface area contributed by atoms with Crippen LogP contribution in [0.2, 0.25) is 0 Å². The molecular weight excluding hydrogens is 318 g/mol. The van der Waals surface area contributed by atoms with E-state index in [4.69, 9.17) is 0 Å². The van der Waals surface area contributed by atoms with Gasteiger partial charge >= 0.3 is 30.2 Å². The van der Waals surface area contributed by atoms with Crippen molar-refractivity contribution in [2.45, 2.75) is 49.6 Å². The standard InChI is InChI=1S/C8H6F10O2/c1-3(7(14,15)16)6(13,20-8(17,18)19-3)5(11,12)4(2,9)10/h1-2H3. The summed E-state index contributed by atoms with van der Waals surface area (Å²) in [5.41, 5.74) is -5.01. The Hall–Kier alpha value is -0.780. The molecule has 2 unspecified atom stereocenters. The summed E-state index contributed by atoms with van der Waals surface area (Å²) < 4.78 is 134. The van der Waals surface area contributed by atoms with Crippen molar-refractivity contribution in [3.63, 3.8) is 0 Å². The minimum absolute atomic E-state index is 0.576. The van der Waals surface area contributed by atoms with E-state index < -0.39 is 49.6 Å². The molecule has 0 N–H and O–H groups in total. The van der Waals surface area contributed by atoms with Gasteiger partial charge in [-0.2, -0.15) is 30.7 Å². The van der Waals surface area contributed by atoms with E-state index >= 15 is 0 Å². The van der Waals surface area contributed by atoms with Crippen molar-refractivity contribution in [1.29, 1.82) is 0 Å². The van der Waals surface area contributed by atoms with Gasteiger partial charge in [0.1, 0.15) is 0 Å². The molecule has 0 amide bonds. The molecule has 12 heteroatoms. The third-order valence-corrected chi connectivity index (χ3v) is 2.69. The minimum Gasteiger partial charge on any atom is -0.273 e. The molecule has 0 aromatic carbocycles. The molecule has 1 heterocycles. The van der Waals surface area contributed by atoms with E-state index in [2.05, 4.69) is 9.47 Å². The predicted octanol–water partition coefficient (Wildman–Crippen LogP) is 3.86. The molecule has 1 saturated heterocycles. The number of hydrogen-bond donors (Lipinski definition) is 0. The van der Waals surface area contributed by atoms with Crippen LogP contribution < -0.4 is 0 Å². The Bertz CT molecular complexity index is 399. The number of hydrogen-bond acceptors (Lipinski definition) is 2. The predicted molar refractivity (Wildman–Crippen MR) is 41.0 cm³/mol. The fraction of sp³-hybridized carbons (Fsp3) is 1.00. The summed E-state index contributed by atoms with van der Waals surface area (Å²) in [4.78, 5) is 0. The first-order chi connectivity index (χ1) is 8.41. The molecular formula is C8H6F10O2. The maximum Gasteiger partial charge on any atom is 0.489 e. The van der Waals surface area contributed by atoms with E-state index in [-0.39, 0.29) is 0 Å². The lowest BCUT2D eigenvalue weighted by Crippen LogP contribution is -2.69. The zero-order valence-corrected chi connectivity index (χ0v) is 9.60. The van der Waals surface area contributed by atoms with Crippen molar-refractivity contribution >= 4 is 0 Å². The Balaban J connectivity index is 3.54. The van der Waals surface area contributed by atoms with Crippen molar-refractivity contribution in [3.05, 3.63) is 0 Å². The average molecular weight is 324 g/mol. The first-order valence-corrected chi connectivity index (χ1v) is 4.71. The smallest absolute Gasteiger partial charge is 0.273 e. The minimum atomic E-state index is -6.25. The summed E-state index contributed by atoms with van der Waals surface area (Å²) in [7, 11) is 0. The zero-order valence-electron chi connectivity index (χ0n) is 9.60. The molecule has 0 spiro atoms. The lowest BCUT2D eigenvalue weighted by Gasteiger charge is -2.40. The molecule has 1 aliphatic heterocycles. The number of halogens is 10. The van der Waals surface area contributed by atoms with Gasteiger partial charge in [0.05, 0.1) is 0 Å². The Morgan fingerprint density at radius 2 is 1.20 bits per heavy atom. The molecule has 0 aromatic rings. The van der Waals surface area contributed by atoms with Gasteiger partial charge in [0.15, 0.2) is 0 Å². The quantitative estimate of drug-likeness (QED) is 0.718. The lowest BCUT2D eigenvalue weighted by atomic mass is 9.88. The molecule has 1 fully saturated rings. The highest BCUT2D eigenvalue weighted by atomic mass is 19.4. The topological polar surface area (TPSA) is 18.5 Å². The fourth-order valence-corrected chi connectivity index (χ4v) is 1.47. The molecule has 120 valence electrons. The molecule has 1 aliphatic rings. The van der Waals surface area contributed by atoms with E-state index in [0.717, 1.165) is 0 Å². The molecule has 20 heavy (non-hydrogen) atoms. The van der Waals surface area contributed by atoms with Crippen LogP contribution in [0, 0.1) is 0 Å². The van der Waals surface area contributed by atoms with Gasteiger partial charge < -0.3 is 0 Å². The Morgan fingerprint density at radius 1 is 0.800 bits per heavy atom. The van der Waals surface area contributed by atoms with Crippen molar-refractivity contribution < 1.29 is 53.4 Å². The van der Waals surface area contributed by atoms with E-state index in [0.29, 0.717) is 0 Å². The monoisotopic (exact) mass is 324 g/mol. The van der Waals surface area contributed by atoms with Crippen LogP contribution >= 0.6 is 0 Å². The van der Waals surface area contributed by atoms with E-state index in [1.54, 1.807) is 0 Å². The Labute approximate surface area is 104 Å². The number of alkyl halides is 10. The second kappa shape index (κ2) is 3.90. The first kappa shape index (κ1) is 17.3. The van der Waals surface area contributed by atoms with E-state index in [1.165, 1.54) is 0 Å². The second-order valence-electron chi connectivity index (χ2n) is 4.26. The lowest BCUT2D eigenvalue weighted by molar-refractivity contribution is -0.408. The van der Waals surface area contributed by atoms with Gasteiger partial charge in [-0.3, -0.25) is 4.74 Å². The van der Waals surface area contributed by atoms with Gasteiger partial charge in [-0.25, -0.2) is 9.13 Å². The average Bonchev–Trinajstić information content (AvgIpc) is 2.31. The number of rotatable bonds is 2. The molecule has 0 radical (unpaired) electrons. The van der Waals surface area contributed by atoms with Gasteiger partial charge in [0.25, 0.3) is 0 Å². The van der Waals surface area contributed by atoms with Crippen molar-refractivity contribution in [2.75, 3.05) is 0 Å². The highest BCUT2D eigenvalue weighted by Crippen LogP contribution is 2.62. The molecule has 0 aliphatic carbocycles. The van der Waals surface area contributed by atoms with Crippen molar-refractivity contribution in [2.24, 2.45) is 0 Å². The van der Waals surface area contributed by atoms with Gasteiger partial charge in [-0.15, -0.1) is 8.78 Å². The zero-order chi connectivity index (χ0) is 16.4. The summed E-state index contributed by atoms with van der Waals surface area (Å²) in [6.45, 7) is -1.22. The summed E-state index contributed by atoms with van der Waals surface area (Å²) >= 11 is 0. The van der Waals surface area contributed by atoms with Gasteiger partial charge in [0, 0.05) is 6.92 Å². The second-order valence-corrected chi connectivity index (χ2v) is 4.26. The van der Waals surface area contributed by atoms with Crippen LogP contribution in [0.25, 0.3) is 0 Å². The maximum atomic E-state index is 13.8. The van der Waals surface area contributed by atoms with Gasteiger partial charge in [0.2, 0.25) is 5.60 Å². The summed E-state index contributed by atoms with van der Waals surface area (Å²) in [6.07, 6.45) is -11.6. The van der Waals surface area contributed by atoms with Crippen LogP contribution in [-0.4, -0.2) is 35.8 Å². The Morgan fingerprint density at radius 3 is 1.50 bits per heavy atom. The van der Waals surface area contributed by atoms with Crippen LogP contribution in [0.15, 0.2) is 0 Å². The van der Waals surface area contributed by atoms with Crippen LogP contribution in [0.5, 0.6) is 0 Å². The first-order valence-electron chi connectivity index (χ1n) is 4.71. The summed E-state index contributed by atoms with van der Waals surface area (Å²) in [5, 5.41) is 0. The van der Waals surface area contributed by atoms with Gasteiger partial charge in [-0.05, 0) is 6.92 Å². The molecule has 2 nitrogen and oxygen atoms in total. The van der Waals surface area contributed by atoms with E-state index in [9.17, 15) is 43.9 Å². The van der Waals surface area contributed by atoms with Crippen molar-refractivity contribution in [1.82, 2.24) is 0 Å². The fourth-order valence-electron chi connectivity index (χ4n) is 1.47. The highest BCUT2D eigenvalue weighted by molar-refractivity contribution is 5.12. The summed E-state index contributed by atoms with van der Waals surface area (Å²) in [5.74, 6) is -17.5. The maximum absolute atomic E-state index is 13.8. The molecule has 0 aromatic heterocycles. The summed E-state index contributed by atoms with van der Waals surface area (Å²) in [6, 6.07) is 0. The van der Waals surface area contributed by atoms with Crippen LogP contribution in [0.1, 0.15) is 13.8 Å². The Kier molecular flexibility index (Phi) is 3.37. The molecule has 0 bridgehead atoms. The third-order valence-electron chi connectivity index (χ3n) is 2.69. The highest BCUT2D eigenvalue weighted by Gasteiger charge is 2.89.